The second kappa shape index (κ2) is 7.31. The van der Waals surface area contributed by atoms with Gasteiger partial charge in [-0.2, -0.15) is 16.1 Å². The molecule has 1 N–H and O–H groups in total. The van der Waals surface area contributed by atoms with Gasteiger partial charge in [-0.1, -0.05) is 0 Å². The van der Waals surface area contributed by atoms with Gasteiger partial charge in [0.1, 0.15) is 12.4 Å². The van der Waals surface area contributed by atoms with E-state index in [1.54, 1.807) is 40.3 Å². The monoisotopic (exact) mass is 317 g/mol. The van der Waals surface area contributed by atoms with Crippen LogP contribution in [0.5, 0.6) is 5.75 Å². The van der Waals surface area contributed by atoms with Crippen LogP contribution in [0.1, 0.15) is 6.42 Å². The highest BCUT2D eigenvalue weighted by Crippen LogP contribution is 2.22. The zero-order valence-electron chi connectivity index (χ0n) is 11.2. The molecule has 2 rings (SSSR count). The van der Waals surface area contributed by atoms with Gasteiger partial charge in [-0.3, -0.25) is 0 Å². The van der Waals surface area contributed by atoms with E-state index in [4.69, 9.17) is 9.84 Å². The Kier molecular flexibility index (Phi) is 5.71. The summed E-state index contributed by atoms with van der Waals surface area (Å²) in [5, 5.41) is 8.68. The van der Waals surface area contributed by atoms with Gasteiger partial charge in [0.2, 0.25) is 10.0 Å². The van der Waals surface area contributed by atoms with Gasteiger partial charge in [-0.25, -0.2) is 8.42 Å². The first kappa shape index (κ1) is 15.6. The molecular formula is C13H19NO4S2. The molecule has 1 aromatic rings. The molecule has 112 valence electrons. The van der Waals surface area contributed by atoms with Crippen LogP contribution in [0.25, 0.3) is 0 Å². The number of benzene rings is 1. The lowest BCUT2D eigenvalue weighted by Crippen LogP contribution is -2.32. The smallest absolute Gasteiger partial charge is 0.243 e. The molecule has 1 aliphatic heterocycles. The van der Waals surface area contributed by atoms with Crippen molar-refractivity contribution in [3.8, 4) is 5.75 Å². The second-order valence-corrected chi connectivity index (χ2v) is 7.58. The van der Waals surface area contributed by atoms with Crippen LogP contribution in [0.3, 0.4) is 0 Å². The number of hydrogen-bond acceptors (Lipinski definition) is 5. The number of sulfonamides is 1. The van der Waals surface area contributed by atoms with E-state index >= 15 is 0 Å². The number of aliphatic hydroxyl groups is 1. The maximum absolute atomic E-state index is 12.5. The van der Waals surface area contributed by atoms with Crippen LogP contribution in [0.15, 0.2) is 29.2 Å². The fourth-order valence-corrected chi connectivity index (χ4v) is 4.47. The molecule has 0 aliphatic carbocycles. The van der Waals surface area contributed by atoms with Gasteiger partial charge in [0.15, 0.2) is 0 Å². The summed E-state index contributed by atoms with van der Waals surface area (Å²) >= 11 is 1.79. The van der Waals surface area contributed by atoms with E-state index in [2.05, 4.69) is 0 Å². The van der Waals surface area contributed by atoms with Gasteiger partial charge < -0.3 is 9.84 Å². The van der Waals surface area contributed by atoms with Crippen molar-refractivity contribution in [3.05, 3.63) is 24.3 Å². The average molecular weight is 317 g/mol. The van der Waals surface area contributed by atoms with Crippen molar-refractivity contribution in [1.29, 1.82) is 0 Å². The van der Waals surface area contributed by atoms with Gasteiger partial charge in [-0.05, 0) is 36.4 Å². The maximum atomic E-state index is 12.5. The Labute approximate surface area is 124 Å². The predicted octanol–water partition coefficient (Wildman–Crippen LogP) is 1.19. The predicted molar refractivity (Wildman–Crippen MR) is 79.7 cm³/mol. The molecule has 1 saturated heterocycles. The Morgan fingerprint density at radius 1 is 1.20 bits per heavy atom. The first-order valence-corrected chi connectivity index (χ1v) is 9.15. The highest BCUT2D eigenvalue weighted by Gasteiger charge is 2.25. The van der Waals surface area contributed by atoms with E-state index in [1.807, 2.05) is 0 Å². The van der Waals surface area contributed by atoms with Crippen molar-refractivity contribution in [1.82, 2.24) is 4.31 Å². The third-order valence-electron chi connectivity index (χ3n) is 3.00. The van der Waals surface area contributed by atoms with Crippen molar-refractivity contribution in [2.24, 2.45) is 0 Å². The Hall–Kier alpha value is -0.760. The summed E-state index contributed by atoms with van der Waals surface area (Å²) in [4.78, 5) is 0.292. The molecular weight excluding hydrogens is 298 g/mol. The molecule has 0 unspecified atom stereocenters. The normalized spacial score (nSPS) is 17.6. The van der Waals surface area contributed by atoms with Crippen molar-refractivity contribution in [3.63, 3.8) is 0 Å². The van der Waals surface area contributed by atoms with Gasteiger partial charge in [0.05, 0.1) is 11.5 Å². The zero-order chi connectivity index (χ0) is 14.4. The number of nitrogens with zero attached hydrogens (tertiary/aromatic N) is 1. The van der Waals surface area contributed by atoms with Crippen LogP contribution in [0, 0.1) is 0 Å². The first-order chi connectivity index (χ1) is 9.64. The Morgan fingerprint density at radius 3 is 2.65 bits per heavy atom. The third kappa shape index (κ3) is 3.88. The van der Waals surface area contributed by atoms with Crippen molar-refractivity contribution < 1.29 is 18.3 Å². The molecule has 1 aliphatic rings. The standard InChI is InChI=1S/C13H19NO4S2/c15-8-9-18-12-2-4-13(5-3-12)20(16,17)14-6-1-10-19-11-7-14/h2-5,15H,1,6-11H2. The molecule has 0 atom stereocenters. The van der Waals surface area contributed by atoms with Gasteiger partial charge in [0.25, 0.3) is 0 Å². The first-order valence-electron chi connectivity index (χ1n) is 6.56. The lowest BCUT2D eigenvalue weighted by molar-refractivity contribution is 0.201. The van der Waals surface area contributed by atoms with E-state index in [0.29, 0.717) is 23.7 Å². The molecule has 1 fully saturated rings. The fourth-order valence-electron chi connectivity index (χ4n) is 1.98. The summed E-state index contributed by atoms with van der Waals surface area (Å²) in [7, 11) is -3.41. The molecule has 20 heavy (non-hydrogen) atoms. The quantitative estimate of drug-likeness (QED) is 0.883. The molecule has 0 amide bonds. The summed E-state index contributed by atoms with van der Waals surface area (Å²) in [6, 6.07) is 6.35. The molecule has 0 radical (unpaired) electrons. The largest absolute Gasteiger partial charge is 0.491 e. The summed E-state index contributed by atoms with van der Waals surface area (Å²) in [6.45, 7) is 1.29. The summed E-state index contributed by atoms with van der Waals surface area (Å²) in [6.07, 6.45) is 0.890. The summed E-state index contributed by atoms with van der Waals surface area (Å²) in [5.41, 5.74) is 0. The minimum Gasteiger partial charge on any atom is -0.491 e. The van der Waals surface area contributed by atoms with Crippen LogP contribution < -0.4 is 4.74 Å². The lowest BCUT2D eigenvalue weighted by atomic mass is 10.3. The molecule has 7 heteroatoms. The fraction of sp³-hybridized carbons (Fsp3) is 0.538. The van der Waals surface area contributed by atoms with Gasteiger partial charge in [-0.15, -0.1) is 0 Å². The lowest BCUT2D eigenvalue weighted by Gasteiger charge is -2.19. The van der Waals surface area contributed by atoms with Crippen molar-refractivity contribution >= 4 is 21.8 Å². The van der Waals surface area contributed by atoms with Crippen LogP contribution in [0.2, 0.25) is 0 Å². The molecule has 0 aromatic heterocycles. The summed E-state index contributed by atoms with van der Waals surface area (Å²) < 4.78 is 31.8. The highest BCUT2D eigenvalue weighted by molar-refractivity contribution is 7.99. The van der Waals surface area contributed by atoms with E-state index < -0.39 is 10.0 Å². The molecule has 0 spiro atoms. The van der Waals surface area contributed by atoms with E-state index in [0.717, 1.165) is 17.9 Å². The second-order valence-electron chi connectivity index (χ2n) is 4.41. The van der Waals surface area contributed by atoms with Crippen LogP contribution in [0.4, 0.5) is 0 Å². The number of aliphatic hydroxyl groups excluding tert-OH is 1. The molecule has 0 saturated carbocycles. The van der Waals surface area contributed by atoms with Crippen LogP contribution in [-0.4, -0.2) is 55.6 Å². The van der Waals surface area contributed by atoms with Crippen molar-refractivity contribution in [2.75, 3.05) is 37.8 Å². The van der Waals surface area contributed by atoms with Crippen molar-refractivity contribution in [2.45, 2.75) is 11.3 Å². The maximum Gasteiger partial charge on any atom is 0.243 e. The van der Waals surface area contributed by atoms with Crippen LogP contribution in [-0.2, 0) is 10.0 Å². The SMILES string of the molecule is O=S(=O)(c1ccc(OCCO)cc1)N1CCCSCC1. The van der Waals surface area contributed by atoms with E-state index in [1.165, 1.54) is 0 Å². The number of ether oxygens (including phenoxy) is 1. The topological polar surface area (TPSA) is 66.8 Å². The average Bonchev–Trinajstić information content (AvgIpc) is 2.75. The van der Waals surface area contributed by atoms with Gasteiger partial charge in [0, 0.05) is 18.8 Å². The number of thioether (sulfide) groups is 1. The number of hydrogen-bond donors (Lipinski definition) is 1. The molecule has 5 nitrogen and oxygen atoms in total. The Balaban J connectivity index is 2.12. The minimum absolute atomic E-state index is 0.0640. The van der Waals surface area contributed by atoms with Gasteiger partial charge >= 0.3 is 0 Å². The van der Waals surface area contributed by atoms with E-state index in [-0.39, 0.29) is 13.2 Å². The Morgan fingerprint density at radius 2 is 1.95 bits per heavy atom. The highest BCUT2D eigenvalue weighted by atomic mass is 32.2. The zero-order valence-corrected chi connectivity index (χ0v) is 12.8. The third-order valence-corrected chi connectivity index (χ3v) is 5.96. The minimum atomic E-state index is -3.41. The van der Waals surface area contributed by atoms with Crippen LogP contribution >= 0.6 is 11.8 Å². The Bertz CT molecular complexity index is 508. The number of rotatable bonds is 5. The molecule has 1 aromatic carbocycles. The molecule has 1 heterocycles. The molecule has 0 bridgehead atoms. The summed E-state index contributed by atoms with van der Waals surface area (Å²) in [5.74, 6) is 2.42. The van der Waals surface area contributed by atoms with E-state index in [9.17, 15) is 8.42 Å².